The summed E-state index contributed by atoms with van der Waals surface area (Å²) in [5.41, 5.74) is 1.68. The molecule has 3 nitrogen and oxygen atoms in total. The summed E-state index contributed by atoms with van der Waals surface area (Å²) in [7, 11) is 3.12. The lowest BCUT2D eigenvalue weighted by Gasteiger charge is -2.14. The quantitative estimate of drug-likeness (QED) is 0.428. The van der Waals surface area contributed by atoms with Crippen molar-refractivity contribution < 1.29 is 18.7 Å². The molecular formula is C20H19FO3. The van der Waals surface area contributed by atoms with Gasteiger partial charge in [-0.15, -0.1) is 6.58 Å². The summed E-state index contributed by atoms with van der Waals surface area (Å²) in [4.78, 5) is 12.2. The van der Waals surface area contributed by atoms with Gasteiger partial charge in [0.25, 0.3) is 0 Å². The molecule has 4 heteroatoms. The molecule has 0 aliphatic carbocycles. The van der Waals surface area contributed by atoms with Gasteiger partial charge in [0.1, 0.15) is 5.82 Å². The van der Waals surface area contributed by atoms with Crippen molar-refractivity contribution in [3.63, 3.8) is 0 Å². The van der Waals surface area contributed by atoms with Gasteiger partial charge in [-0.05, 0) is 36.3 Å². The first-order valence-corrected chi connectivity index (χ1v) is 7.44. The van der Waals surface area contributed by atoms with Gasteiger partial charge in [-0.1, -0.05) is 30.4 Å². The van der Waals surface area contributed by atoms with Gasteiger partial charge in [0.2, 0.25) is 0 Å². The van der Waals surface area contributed by atoms with E-state index in [1.807, 2.05) is 6.07 Å². The monoisotopic (exact) mass is 326 g/mol. The molecule has 2 rings (SSSR count). The molecule has 2 aromatic carbocycles. The van der Waals surface area contributed by atoms with Gasteiger partial charge < -0.3 is 9.47 Å². The van der Waals surface area contributed by atoms with E-state index < -0.39 is 11.6 Å². The average molecular weight is 326 g/mol. The number of methoxy groups -OCH3 is 2. The highest BCUT2D eigenvalue weighted by Gasteiger charge is 2.13. The smallest absolute Gasteiger partial charge is 0.188 e. The number of ketones is 1. The van der Waals surface area contributed by atoms with Crippen LogP contribution in [0, 0.1) is 5.82 Å². The fourth-order valence-corrected chi connectivity index (χ4v) is 2.43. The third-order valence-electron chi connectivity index (χ3n) is 3.59. The van der Waals surface area contributed by atoms with Crippen molar-refractivity contribution in [1.29, 1.82) is 0 Å². The van der Waals surface area contributed by atoms with Crippen LogP contribution in [0.3, 0.4) is 0 Å². The predicted octanol–water partition coefficient (Wildman–Crippen LogP) is 4.47. The van der Waals surface area contributed by atoms with Crippen molar-refractivity contribution in [3.8, 4) is 11.5 Å². The van der Waals surface area contributed by atoms with Crippen molar-refractivity contribution in [2.24, 2.45) is 0 Å². The van der Waals surface area contributed by atoms with Gasteiger partial charge in [-0.2, -0.15) is 0 Å². The first kappa shape index (κ1) is 17.5. The molecule has 0 radical (unpaired) electrons. The topological polar surface area (TPSA) is 35.5 Å². The molecule has 0 spiro atoms. The normalized spacial score (nSPS) is 10.6. The number of allylic oxidation sites excluding steroid dienone is 2. The van der Waals surface area contributed by atoms with E-state index in [1.54, 1.807) is 44.6 Å². The van der Waals surface area contributed by atoms with Crippen LogP contribution in [0.5, 0.6) is 11.5 Å². The Morgan fingerprint density at radius 1 is 1.17 bits per heavy atom. The molecular weight excluding hydrogens is 307 g/mol. The number of ether oxygens (including phenoxy) is 2. The Labute approximate surface area is 141 Å². The Morgan fingerprint density at radius 2 is 1.92 bits per heavy atom. The fourth-order valence-electron chi connectivity index (χ4n) is 2.43. The second-order valence-electron chi connectivity index (χ2n) is 5.04. The van der Waals surface area contributed by atoms with Crippen molar-refractivity contribution in [2.45, 2.75) is 6.42 Å². The summed E-state index contributed by atoms with van der Waals surface area (Å²) >= 11 is 0. The van der Waals surface area contributed by atoms with Gasteiger partial charge in [0, 0.05) is 5.56 Å². The Balaban J connectivity index is 2.40. The van der Waals surface area contributed by atoms with Crippen molar-refractivity contribution in [1.82, 2.24) is 0 Å². The number of hydrogen-bond acceptors (Lipinski definition) is 3. The van der Waals surface area contributed by atoms with E-state index in [0.717, 1.165) is 11.1 Å². The molecule has 0 saturated heterocycles. The molecule has 0 heterocycles. The number of hydrogen-bond donors (Lipinski definition) is 0. The van der Waals surface area contributed by atoms with Crippen LogP contribution >= 0.6 is 0 Å². The molecule has 0 fully saturated rings. The number of carbonyl (C=O) groups is 1. The molecule has 0 aliphatic rings. The number of halogens is 1. The standard InChI is InChI=1S/C20H19FO3/c1-4-7-15-14(11-13-19(23-2)20(15)24-3)10-12-18(22)16-8-5-6-9-17(16)21/h4-6,8-13H,1,7H2,2-3H3/b12-10+. The van der Waals surface area contributed by atoms with Gasteiger partial charge in [0.15, 0.2) is 17.3 Å². The van der Waals surface area contributed by atoms with Crippen LogP contribution in [0.2, 0.25) is 0 Å². The van der Waals surface area contributed by atoms with Crippen LogP contribution in [0.25, 0.3) is 6.08 Å². The average Bonchev–Trinajstić information content (AvgIpc) is 2.60. The minimum atomic E-state index is -0.536. The van der Waals surface area contributed by atoms with E-state index in [2.05, 4.69) is 6.58 Å². The highest BCUT2D eigenvalue weighted by atomic mass is 19.1. The summed E-state index contributed by atoms with van der Waals surface area (Å²) in [5.74, 6) is 0.267. The lowest BCUT2D eigenvalue weighted by molar-refractivity contribution is 0.104. The SMILES string of the molecule is C=CCc1c(/C=C/C(=O)c2ccccc2F)ccc(OC)c1OC. The number of benzene rings is 2. The minimum Gasteiger partial charge on any atom is -0.493 e. The highest BCUT2D eigenvalue weighted by Crippen LogP contribution is 2.34. The Morgan fingerprint density at radius 3 is 2.54 bits per heavy atom. The first-order chi connectivity index (χ1) is 11.6. The summed E-state index contributed by atoms with van der Waals surface area (Å²) in [6.45, 7) is 3.75. The lowest BCUT2D eigenvalue weighted by atomic mass is 10.0. The molecule has 0 unspecified atom stereocenters. The molecule has 124 valence electrons. The van der Waals surface area contributed by atoms with Gasteiger partial charge >= 0.3 is 0 Å². The zero-order valence-electron chi connectivity index (χ0n) is 13.7. The summed E-state index contributed by atoms with van der Waals surface area (Å²) in [5, 5.41) is 0. The van der Waals surface area contributed by atoms with Crippen LogP contribution in [-0.2, 0) is 6.42 Å². The molecule has 0 aromatic heterocycles. The van der Waals surface area contributed by atoms with Crippen LogP contribution < -0.4 is 9.47 Å². The Kier molecular flexibility index (Phi) is 5.90. The third-order valence-corrected chi connectivity index (χ3v) is 3.59. The van der Waals surface area contributed by atoms with Crippen molar-refractivity contribution >= 4 is 11.9 Å². The maximum atomic E-state index is 13.7. The molecule has 0 atom stereocenters. The second-order valence-corrected chi connectivity index (χ2v) is 5.04. The van der Waals surface area contributed by atoms with Gasteiger partial charge in [-0.3, -0.25) is 4.79 Å². The van der Waals surface area contributed by atoms with E-state index in [-0.39, 0.29) is 5.56 Å². The molecule has 0 N–H and O–H groups in total. The van der Waals surface area contributed by atoms with E-state index >= 15 is 0 Å². The van der Waals surface area contributed by atoms with Crippen LogP contribution in [0.1, 0.15) is 21.5 Å². The molecule has 0 saturated carbocycles. The first-order valence-electron chi connectivity index (χ1n) is 7.44. The molecule has 0 aliphatic heterocycles. The minimum absolute atomic E-state index is 0.0412. The van der Waals surface area contributed by atoms with E-state index in [4.69, 9.17) is 9.47 Å². The van der Waals surface area contributed by atoms with Crippen LogP contribution in [-0.4, -0.2) is 20.0 Å². The summed E-state index contributed by atoms with van der Waals surface area (Å²) < 4.78 is 24.4. The van der Waals surface area contributed by atoms with Crippen molar-refractivity contribution in [3.05, 3.63) is 77.6 Å². The maximum absolute atomic E-state index is 13.7. The summed E-state index contributed by atoms with van der Waals surface area (Å²) in [6.07, 6.45) is 5.29. The zero-order valence-corrected chi connectivity index (χ0v) is 13.7. The number of carbonyl (C=O) groups excluding carboxylic acids is 1. The molecule has 2 aromatic rings. The Bertz CT molecular complexity index is 778. The zero-order chi connectivity index (χ0) is 17.5. The number of rotatable bonds is 7. The molecule has 0 amide bonds. The summed E-state index contributed by atoms with van der Waals surface area (Å²) in [6, 6.07) is 9.49. The third kappa shape index (κ3) is 3.71. The second kappa shape index (κ2) is 8.11. The Hall–Kier alpha value is -2.88. The lowest BCUT2D eigenvalue weighted by Crippen LogP contribution is -2.00. The fraction of sp³-hybridized carbons (Fsp3) is 0.150. The molecule has 24 heavy (non-hydrogen) atoms. The van der Waals surface area contributed by atoms with Gasteiger partial charge in [0.05, 0.1) is 19.8 Å². The largest absolute Gasteiger partial charge is 0.493 e. The van der Waals surface area contributed by atoms with Crippen molar-refractivity contribution in [2.75, 3.05) is 14.2 Å². The predicted molar refractivity (Wildman–Crippen MR) is 93.2 cm³/mol. The molecule has 0 bridgehead atoms. The van der Waals surface area contributed by atoms with E-state index in [1.165, 1.54) is 18.2 Å². The van der Waals surface area contributed by atoms with E-state index in [0.29, 0.717) is 17.9 Å². The maximum Gasteiger partial charge on any atom is 0.188 e. The van der Waals surface area contributed by atoms with E-state index in [9.17, 15) is 9.18 Å². The van der Waals surface area contributed by atoms with Gasteiger partial charge in [-0.25, -0.2) is 4.39 Å². The van der Waals surface area contributed by atoms with Crippen LogP contribution in [0.4, 0.5) is 4.39 Å². The van der Waals surface area contributed by atoms with Crippen LogP contribution in [0.15, 0.2) is 55.1 Å². The highest BCUT2D eigenvalue weighted by molar-refractivity contribution is 6.07.